The molecule has 0 bridgehead atoms. The molecule has 1 aromatic heterocycles. The highest BCUT2D eigenvalue weighted by Crippen LogP contribution is 1.96. The van der Waals surface area contributed by atoms with E-state index in [0.29, 0.717) is 5.89 Å². The summed E-state index contributed by atoms with van der Waals surface area (Å²) in [6, 6.07) is 0. The first-order chi connectivity index (χ1) is 3.83. The Balaban J connectivity index is 3.05. The molecule has 0 saturated heterocycles. The predicted octanol–water partition coefficient (Wildman–Crippen LogP) is 0.964. The SMILES string of the molecule is C#Cc1nc(C)co1. The van der Waals surface area contributed by atoms with Crippen LogP contribution >= 0.6 is 0 Å². The summed E-state index contributed by atoms with van der Waals surface area (Å²) < 4.78 is 4.77. The van der Waals surface area contributed by atoms with Crippen LogP contribution in [0.2, 0.25) is 0 Å². The fourth-order valence-electron chi connectivity index (χ4n) is 0.420. The van der Waals surface area contributed by atoms with Crippen LogP contribution in [0.1, 0.15) is 11.6 Å². The zero-order valence-electron chi connectivity index (χ0n) is 4.51. The lowest BCUT2D eigenvalue weighted by atomic mass is 10.6. The first kappa shape index (κ1) is 4.92. The molecular formula is C6H5NO. The van der Waals surface area contributed by atoms with Gasteiger partial charge in [0.25, 0.3) is 5.89 Å². The van der Waals surface area contributed by atoms with Crippen molar-refractivity contribution in [2.24, 2.45) is 0 Å². The maximum atomic E-state index is 4.96. The summed E-state index contributed by atoms with van der Waals surface area (Å²) in [6.45, 7) is 1.82. The number of hydrogen-bond acceptors (Lipinski definition) is 2. The van der Waals surface area contributed by atoms with Crippen molar-refractivity contribution in [2.75, 3.05) is 0 Å². The lowest BCUT2D eigenvalue weighted by Gasteiger charge is -1.68. The summed E-state index contributed by atoms with van der Waals surface area (Å²) >= 11 is 0. The van der Waals surface area contributed by atoms with E-state index in [0.717, 1.165) is 5.69 Å². The molecule has 40 valence electrons. The van der Waals surface area contributed by atoms with E-state index in [1.165, 1.54) is 6.26 Å². The summed E-state index contributed by atoms with van der Waals surface area (Å²) in [5, 5.41) is 0. The second-order valence-electron chi connectivity index (χ2n) is 1.44. The Morgan fingerprint density at radius 2 is 2.62 bits per heavy atom. The molecule has 0 spiro atoms. The molecule has 0 fully saturated rings. The third-order valence-electron chi connectivity index (χ3n) is 0.742. The van der Waals surface area contributed by atoms with Gasteiger partial charge in [0.05, 0.1) is 5.69 Å². The van der Waals surface area contributed by atoms with Crippen molar-refractivity contribution in [3.8, 4) is 12.3 Å². The average molecular weight is 107 g/mol. The van der Waals surface area contributed by atoms with E-state index >= 15 is 0 Å². The minimum atomic E-state index is 0.350. The van der Waals surface area contributed by atoms with E-state index in [-0.39, 0.29) is 0 Å². The zero-order valence-corrected chi connectivity index (χ0v) is 4.51. The Morgan fingerprint density at radius 1 is 1.88 bits per heavy atom. The highest BCUT2D eigenvalue weighted by atomic mass is 16.3. The topological polar surface area (TPSA) is 26.0 Å². The number of oxazole rings is 1. The number of terminal acetylenes is 1. The molecule has 0 aliphatic rings. The number of hydrogen-bond donors (Lipinski definition) is 0. The van der Waals surface area contributed by atoms with Gasteiger partial charge in [0.2, 0.25) is 0 Å². The van der Waals surface area contributed by atoms with Gasteiger partial charge in [0.15, 0.2) is 0 Å². The maximum Gasteiger partial charge on any atom is 0.273 e. The van der Waals surface area contributed by atoms with Gasteiger partial charge < -0.3 is 4.42 Å². The Hall–Kier alpha value is -1.23. The van der Waals surface area contributed by atoms with Gasteiger partial charge in [-0.05, 0) is 12.8 Å². The normalized spacial score (nSPS) is 8.50. The highest BCUT2D eigenvalue weighted by Gasteiger charge is 1.91. The minimum absolute atomic E-state index is 0.350. The molecule has 1 heterocycles. The molecule has 2 heteroatoms. The standard InChI is InChI=1S/C6H5NO/c1-3-6-7-5(2)4-8-6/h1,4H,2H3. The molecule has 0 N–H and O–H groups in total. The van der Waals surface area contributed by atoms with Crippen LogP contribution in [0.5, 0.6) is 0 Å². The molecular weight excluding hydrogens is 102 g/mol. The van der Waals surface area contributed by atoms with Crippen LogP contribution in [-0.2, 0) is 0 Å². The zero-order chi connectivity index (χ0) is 5.98. The van der Waals surface area contributed by atoms with E-state index in [4.69, 9.17) is 10.8 Å². The van der Waals surface area contributed by atoms with Crippen LogP contribution in [0, 0.1) is 19.3 Å². The highest BCUT2D eigenvalue weighted by molar-refractivity contribution is 5.12. The van der Waals surface area contributed by atoms with Gasteiger partial charge in [-0.25, -0.2) is 4.98 Å². The van der Waals surface area contributed by atoms with Gasteiger partial charge in [0, 0.05) is 0 Å². The third-order valence-corrected chi connectivity index (χ3v) is 0.742. The van der Waals surface area contributed by atoms with Crippen molar-refractivity contribution in [2.45, 2.75) is 6.92 Å². The van der Waals surface area contributed by atoms with Crippen LogP contribution in [0.3, 0.4) is 0 Å². The fraction of sp³-hybridized carbons (Fsp3) is 0.167. The van der Waals surface area contributed by atoms with E-state index in [9.17, 15) is 0 Å². The molecule has 0 unspecified atom stereocenters. The number of rotatable bonds is 0. The molecule has 2 nitrogen and oxygen atoms in total. The predicted molar refractivity (Wildman–Crippen MR) is 29.2 cm³/mol. The summed E-state index contributed by atoms with van der Waals surface area (Å²) in [7, 11) is 0. The Morgan fingerprint density at radius 3 is 2.88 bits per heavy atom. The van der Waals surface area contributed by atoms with Crippen molar-refractivity contribution < 1.29 is 4.42 Å². The molecule has 8 heavy (non-hydrogen) atoms. The second-order valence-corrected chi connectivity index (χ2v) is 1.44. The third kappa shape index (κ3) is 0.710. The van der Waals surface area contributed by atoms with Crippen molar-refractivity contribution in [1.82, 2.24) is 4.98 Å². The van der Waals surface area contributed by atoms with Gasteiger partial charge in [0.1, 0.15) is 6.26 Å². The van der Waals surface area contributed by atoms with E-state index in [1.807, 2.05) is 6.92 Å². The Kier molecular flexibility index (Phi) is 1.05. The largest absolute Gasteiger partial charge is 0.438 e. The van der Waals surface area contributed by atoms with Crippen molar-refractivity contribution in [3.05, 3.63) is 17.8 Å². The molecule has 0 aliphatic carbocycles. The van der Waals surface area contributed by atoms with Crippen LogP contribution in [0.4, 0.5) is 0 Å². The monoisotopic (exact) mass is 107 g/mol. The minimum Gasteiger partial charge on any atom is -0.438 e. The maximum absolute atomic E-state index is 4.96. The van der Waals surface area contributed by atoms with Gasteiger partial charge >= 0.3 is 0 Å². The molecule has 0 aromatic carbocycles. The summed E-state index contributed by atoms with van der Waals surface area (Å²) in [6.07, 6.45) is 6.48. The first-order valence-electron chi connectivity index (χ1n) is 2.21. The van der Waals surface area contributed by atoms with Gasteiger partial charge in [-0.3, -0.25) is 0 Å². The summed E-state index contributed by atoms with van der Waals surface area (Å²) in [5.41, 5.74) is 0.818. The van der Waals surface area contributed by atoms with Gasteiger partial charge in [-0.2, -0.15) is 0 Å². The molecule has 0 radical (unpaired) electrons. The molecule has 0 amide bonds. The Labute approximate surface area is 47.5 Å². The molecule has 1 aromatic rings. The van der Waals surface area contributed by atoms with E-state index in [2.05, 4.69) is 10.9 Å². The van der Waals surface area contributed by atoms with Crippen molar-refractivity contribution >= 4 is 0 Å². The van der Waals surface area contributed by atoms with Crippen LogP contribution in [-0.4, -0.2) is 4.98 Å². The fourth-order valence-corrected chi connectivity index (χ4v) is 0.420. The second kappa shape index (κ2) is 1.71. The Bertz CT molecular complexity index is 219. The molecule has 0 saturated carbocycles. The van der Waals surface area contributed by atoms with E-state index < -0.39 is 0 Å². The van der Waals surface area contributed by atoms with Crippen molar-refractivity contribution in [1.29, 1.82) is 0 Å². The van der Waals surface area contributed by atoms with Crippen LogP contribution in [0.15, 0.2) is 10.7 Å². The van der Waals surface area contributed by atoms with Crippen molar-refractivity contribution in [3.63, 3.8) is 0 Å². The smallest absolute Gasteiger partial charge is 0.273 e. The van der Waals surface area contributed by atoms with Gasteiger partial charge in [-0.15, -0.1) is 6.42 Å². The quantitative estimate of drug-likeness (QED) is 0.461. The number of aromatic nitrogens is 1. The lowest BCUT2D eigenvalue weighted by molar-refractivity contribution is 0.543. The summed E-state index contributed by atoms with van der Waals surface area (Å²) in [5.74, 6) is 2.62. The van der Waals surface area contributed by atoms with Gasteiger partial charge in [-0.1, -0.05) is 0 Å². The molecule has 1 rings (SSSR count). The molecule has 0 atom stereocenters. The van der Waals surface area contributed by atoms with E-state index in [1.54, 1.807) is 0 Å². The first-order valence-corrected chi connectivity index (χ1v) is 2.21. The van der Waals surface area contributed by atoms with Crippen LogP contribution in [0.25, 0.3) is 0 Å². The molecule has 0 aliphatic heterocycles. The number of aryl methyl sites for hydroxylation is 1. The lowest BCUT2D eigenvalue weighted by Crippen LogP contribution is -1.70. The average Bonchev–Trinajstić information content (AvgIpc) is 2.14. The van der Waals surface area contributed by atoms with Crippen LogP contribution < -0.4 is 0 Å². The number of nitrogens with zero attached hydrogens (tertiary/aromatic N) is 1. The summed E-state index contributed by atoms with van der Waals surface area (Å²) in [4.78, 5) is 3.83.